The van der Waals surface area contributed by atoms with Gasteiger partial charge in [0, 0.05) is 18.7 Å². The first-order valence-corrected chi connectivity index (χ1v) is 6.60. The molecule has 2 heterocycles. The second-order valence-electron chi connectivity index (χ2n) is 4.76. The Hall–Kier alpha value is -2.37. The third-order valence-corrected chi connectivity index (χ3v) is 3.46. The molecule has 0 radical (unpaired) electrons. The number of fused-ring (bicyclic) bond motifs is 1. The van der Waals surface area contributed by atoms with Crippen LogP contribution < -0.4 is 4.90 Å². The number of aromatic nitrogens is 2. The number of anilines is 1. The third kappa shape index (κ3) is 2.24. The van der Waals surface area contributed by atoms with Crippen molar-refractivity contribution in [1.29, 1.82) is 0 Å². The van der Waals surface area contributed by atoms with Gasteiger partial charge in [0.25, 0.3) is 0 Å². The molecular weight excluding hydrogens is 258 g/mol. The van der Waals surface area contributed by atoms with Gasteiger partial charge < -0.3 is 14.4 Å². The lowest BCUT2D eigenvalue weighted by Gasteiger charge is -2.17. The van der Waals surface area contributed by atoms with Crippen LogP contribution in [0.3, 0.4) is 0 Å². The van der Waals surface area contributed by atoms with Gasteiger partial charge in [-0.15, -0.1) is 10.2 Å². The first kappa shape index (κ1) is 12.7. The van der Waals surface area contributed by atoms with Gasteiger partial charge >= 0.3 is 5.97 Å². The second-order valence-corrected chi connectivity index (χ2v) is 4.76. The zero-order valence-electron chi connectivity index (χ0n) is 11.2. The minimum absolute atomic E-state index is 0.301. The monoisotopic (exact) mass is 273 g/mol. The van der Waals surface area contributed by atoms with E-state index in [1.54, 1.807) is 12.1 Å². The van der Waals surface area contributed by atoms with Crippen LogP contribution in [0.4, 0.5) is 5.69 Å². The lowest BCUT2D eigenvalue weighted by molar-refractivity contribution is 0.0697. The summed E-state index contributed by atoms with van der Waals surface area (Å²) in [6.07, 6.45) is 1.62. The van der Waals surface area contributed by atoms with Crippen LogP contribution >= 0.6 is 0 Å². The molecule has 3 rings (SSSR count). The van der Waals surface area contributed by atoms with Crippen LogP contribution in [-0.2, 0) is 19.4 Å². The molecule has 1 N–H and O–H groups in total. The minimum atomic E-state index is -0.911. The summed E-state index contributed by atoms with van der Waals surface area (Å²) in [6, 6.07) is 5.23. The average molecular weight is 273 g/mol. The smallest absolute Gasteiger partial charge is 0.335 e. The molecule has 0 spiro atoms. The maximum absolute atomic E-state index is 11.0. The molecule has 20 heavy (non-hydrogen) atoms. The number of hydrogen-bond acceptors (Lipinski definition) is 5. The fraction of sp³-hybridized carbons (Fsp3) is 0.357. The van der Waals surface area contributed by atoms with Gasteiger partial charge in [-0.1, -0.05) is 13.0 Å². The highest BCUT2D eigenvalue weighted by Crippen LogP contribution is 2.30. The molecule has 1 aromatic heterocycles. The van der Waals surface area contributed by atoms with E-state index in [4.69, 9.17) is 9.52 Å². The quantitative estimate of drug-likeness (QED) is 0.916. The van der Waals surface area contributed by atoms with Crippen LogP contribution in [0.5, 0.6) is 0 Å². The van der Waals surface area contributed by atoms with E-state index in [9.17, 15) is 4.79 Å². The lowest BCUT2D eigenvalue weighted by atomic mass is 10.1. The summed E-state index contributed by atoms with van der Waals surface area (Å²) in [7, 11) is 0. The summed E-state index contributed by atoms with van der Waals surface area (Å²) in [4.78, 5) is 13.1. The summed E-state index contributed by atoms with van der Waals surface area (Å²) in [6.45, 7) is 3.31. The summed E-state index contributed by atoms with van der Waals surface area (Å²) in [5.74, 6) is 0.278. The van der Waals surface area contributed by atoms with Gasteiger partial charge in [-0.2, -0.15) is 0 Å². The van der Waals surface area contributed by atoms with Gasteiger partial charge in [0.15, 0.2) is 0 Å². The van der Waals surface area contributed by atoms with Gasteiger partial charge in [0.2, 0.25) is 11.8 Å². The predicted molar refractivity (Wildman–Crippen MR) is 71.8 cm³/mol. The van der Waals surface area contributed by atoms with Gasteiger partial charge in [-0.05, 0) is 24.1 Å². The molecule has 0 fully saturated rings. The number of nitrogens with zero attached hydrogens (tertiary/aromatic N) is 3. The van der Waals surface area contributed by atoms with Crippen LogP contribution in [0.25, 0.3) is 0 Å². The van der Waals surface area contributed by atoms with E-state index in [0.29, 0.717) is 30.3 Å². The summed E-state index contributed by atoms with van der Waals surface area (Å²) in [5.41, 5.74) is 2.40. The normalized spacial score (nSPS) is 13.6. The van der Waals surface area contributed by atoms with Crippen LogP contribution in [0.1, 0.15) is 34.6 Å². The molecule has 6 nitrogen and oxygen atoms in total. The van der Waals surface area contributed by atoms with Crippen molar-refractivity contribution in [3.63, 3.8) is 0 Å². The Morgan fingerprint density at radius 3 is 2.90 bits per heavy atom. The van der Waals surface area contributed by atoms with Crippen molar-refractivity contribution in [2.45, 2.75) is 26.3 Å². The van der Waals surface area contributed by atoms with Crippen LogP contribution in [0.15, 0.2) is 22.6 Å². The van der Waals surface area contributed by atoms with E-state index in [1.165, 1.54) is 0 Å². The number of carboxylic acid groups (broad SMARTS) is 1. The number of carbonyl (C=O) groups is 1. The molecule has 1 aliphatic rings. The zero-order chi connectivity index (χ0) is 14.1. The van der Waals surface area contributed by atoms with E-state index in [-0.39, 0.29) is 0 Å². The zero-order valence-corrected chi connectivity index (χ0v) is 11.2. The number of carboxylic acids is 1. The van der Waals surface area contributed by atoms with Crippen molar-refractivity contribution in [2.24, 2.45) is 0 Å². The van der Waals surface area contributed by atoms with Crippen molar-refractivity contribution < 1.29 is 14.3 Å². The van der Waals surface area contributed by atoms with Crippen LogP contribution in [-0.4, -0.2) is 27.8 Å². The molecule has 6 heteroatoms. The standard InChI is InChI=1S/C14H15N3O3/c1-2-12-15-16-13(20-12)8-17-6-5-9-3-4-10(14(18)19)7-11(9)17/h3-4,7H,2,5-6,8H2,1H3,(H,18,19). The van der Waals surface area contributed by atoms with E-state index >= 15 is 0 Å². The number of benzene rings is 1. The molecule has 0 atom stereocenters. The van der Waals surface area contributed by atoms with Gasteiger partial charge in [-0.25, -0.2) is 4.79 Å². The van der Waals surface area contributed by atoms with E-state index in [1.807, 2.05) is 13.0 Å². The third-order valence-electron chi connectivity index (χ3n) is 3.46. The Labute approximate surface area is 116 Å². The predicted octanol–water partition coefficient (Wildman–Crippen LogP) is 1.89. The SMILES string of the molecule is CCc1nnc(CN2CCc3ccc(C(=O)O)cc32)o1. The molecular formula is C14H15N3O3. The Morgan fingerprint density at radius 1 is 1.40 bits per heavy atom. The minimum Gasteiger partial charge on any atom is -0.478 e. The van der Waals surface area contributed by atoms with Crippen molar-refractivity contribution >= 4 is 11.7 Å². The Bertz CT molecular complexity index is 651. The number of aromatic carboxylic acids is 1. The largest absolute Gasteiger partial charge is 0.478 e. The molecule has 0 saturated heterocycles. The topological polar surface area (TPSA) is 79.5 Å². The summed E-state index contributed by atoms with van der Waals surface area (Å²) < 4.78 is 5.51. The van der Waals surface area contributed by atoms with Crippen molar-refractivity contribution in [3.05, 3.63) is 41.1 Å². The summed E-state index contributed by atoms with van der Waals surface area (Å²) in [5, 5.41) is 17.0. The molecule has 0 unspecified atom stereocenters. The highest BCUT2D eigenvalue weighted by molar-refractivity contribution is 5.89. The first-order chi connectivity index (χ1) is 9.67. The molecule has 1 aromatic carbocycles. The average Bonchev–Trinajstić information content (AvgIpc) is 3.06. The number of aryl methyl sites for hydroxylation is 1. The highest BCUT2D eigenvalue weighted by Gasteiger charge is 2.22. The van der Waals surface area contributed by atoms with Crippen LogP contribution in [0, 0.1) is 0 Å². The van der Waals surface area contributed by atoms with E-state index in [0.717, 1.165) is 24.2 Å². The maximum Gasteiger partial charge on any atom is 0.335 e. The van der Waals surface area contributed by atoms with Crippen molar-refractivity contribution in [3.8, 4) is 0 Å². The van der Waals surface area contributed by atoms with Crippen molar-refractivity contribution in [1.82, 2.24) is 10.2 Å². The fourth-order valence-corrected chi connectivity index (χ4v) is 2.40. The van der Waals surface area contributed by atoms with Gasteiger partial charge in [0.05, 0.1) is 12.1 Å². The van der Waals surface area contributed by atoms with E-state index in [2.05, 4.69) is 15.1 Å². The Morgan fingerprint density at radius 2 is 2.20 bits per heavy atom. The molecule has 0 saturated carbocycles. The summed E-state index contributed by atoms with van der Waals surface area (Å²) >= 11 is 0. The number of hydrogen-bond donors (Lipinski definition) is 1. The Kier molecular flexibility index (Phi) is 3.14. The molecule has 2 aromatic rings. The molecule has 0 bridgehead atoms. The van der Waals surface area contributed by atoms with Crippen LogP contribution in [0.2, 0.25) is 0 Å². The first-order valence-electron chi connectivity index (χ1n) is 6.60. The lowest BCUT2D eigenvalue weighted by Crippen LogP contribution is -2.20. The number of rotatable bonds is 4. The Balaban J connectivity index is 1.84. The van der Waals surface area contributed by atoms with Crippen molar-refractivity contribution in [2.75, 3.05) is 11.4 Å². The molecule has 104 valence electrons. The molecule has 0 aliphatic carbocycles. The van der Waals surface area contributed by atoms with Gasteiger partial charge in [0.1, 0.15) is 0 Å². The molecule has 0 amide bonds. The molecule has 1 aliphatic heterocycles. The maximum atomic E-state index is 11.0. The fourth-order valence-electron chi connectivity index (χ4n) is 2.40. The second kappa shape index (κ2) is 4.96. The van der Waals surface area contributed by atoms with E-state index < -0.39 is 5.97 Å². The highest BCUT2D eigenvalue weighted by atomic mass is 16.4. The van der Waals surface area contributed by atoms with Gasteiger partial charge in [-0.3, -0.25) is 0 Å².